The maximum Gasteiger partial charge on any atom is 0.363 e. The van der Waals surface area contributed by atoms with E-state index in [-0.39, 0.29) is 11.6 Å². The Morgan fingerprint density at radius 1 is 1.12 bits per heavy atom. The highest BCUT2D eigenvalue weighted by molar-refractivity contribution is 14.1. The molecule has 3 aromatic rings. The number of halogens is 3. The number of cyclic esters (lactones) is 1. The van der Waals surface area contributed by atoms with Crippen molar-refractivity contribution in [2.75, 3.05) is 6.61 Å². The number of nitrogens with zero attached hydrogens (tertiary/aromatic N) is 1. The van der Waals surface area contributed by atoms with E-state index in [0.717, 1.165) is 13.6 Å². The Kier molecular flexibility index (Phi) is 7.44. The first-order valence-corrected chi connectivity index (χ1v) is 11.9. The molecular formula is C25H18BrFINO4. The molecule has 0 aliphatic carbocycles. The lowest BCUT2D eigenvalue weighted by Crippen LogP contribution is -2.05. The third kappa shape index (κ3) is 5.80. The highest BCUT2D eigenvalue weighted by Gasteiger charge is 2.25. The number of carbonyl (C=O) groups is 1. The highest BCUT2D eigenvalue weighted by Crippen LogP contribution is 2.36. The standard InChI is InChI=1S/C25H18BrFINO4/c1-2-31-22-12-16(10-20(28)23(22)32-14-15-6-8-18(26)9-7-15)11-21-25(30)33-24(29-21)17-4-3-5-19(27)13-17/h3-13H,2,14H2,1H3/b21-11-. The topological polar surface area (TPSA) is 57.1 Å². The van der Waals surface area contributed by atoms with Crippen molar-refractivity contribution < 1.29 is 23.4 Å². The lowest BCUT2D eigenvalue weighted by molar-refractivity contribution is -0.129. The van der Waals surface area contributed by atoms with E-state index >= 15 is 0 Å². The zero-order chi connectivity index (χ0) is 23.4. The molecule has 0 bridgehead atoms. The molecule has 0 unspecified atom stereocenters. The summed E-state index contributed by atoms with van der Waals surface area (Å²) in [6.45, 7) is 2.73. The van der Waals surface area contributed by atoms with Gasteiger partial charge in [-0.05, 0) is 89.2 Å². The van der Waals surface area contributed by atoms with Crippen LogP contribution in [0.15, 0.2) is 75.8 Å². The van der Waals surface area contributed by atoms with Gasteiger partial charge in [0, 0.05) is 10.0 Å². The van der Waals surface area contributed by atoms with E-state index < -0.39 is 11.8 Å². The van der Waals surface area contributed by atoms with Gasteiger partial charge in [0.15, 0.2) is 17.2 Å². The SMILES string of the molecule is CCOc1cc(/C=C2\N=C(c3cccc(F)c3)OC2=O)cc(I)c1OCc1ccc(Br)cc1. The number of hydrogen-bond acceptors (Lipinski definition) is 5. The molecule has 0 saturated heterocycles. The Morgan fingerprint density at radius 3 is 2.64 bits per heavy atom. The predicted molar refractivity (Wildman–Crippen MR) is 136 cm³/mol. The Bertz CT molecular complexity index is 1260. The van der Waals surface area contributed by atoms with Gasteiger partial charge in [0.25, 0.3) is 0 Å². The minimum atomic E-state index is -0.599. The summed E-state index contributed by atoms with van der Waals surface area (Å²) in [4.78, 5) is 16.6. The van der Waals surface area contributed by atoms with E-state index in [1.54, 1.807) is 18.2 Å². The summed E-state index contributed by atoms with van der Waals surface area (Å²) >= 11 is 5.60. The van der Waals surface area contributed by atoms with E-state index in [2.05, 4.69) is 43.5 Å². The Balaban J connectivity index is 1.61. The Morgan fingerprint density at radius 2 is 1.91 bits per heavy atom. The van der Waals surface area contributed by atoms with Gasteiger partial charge in [-0.25, -0.2) is 14.2 Å². The number of aliphatic imine (C=N–C) groups is 1. The van der Waals surface area contributed by atoms with Gasteiger partial charge < -0.3 is 14.2 Å². The molecule has 5 nitrogen and oxygen atoms in total. The summed E-state index contributed by atoms with van der Waals surface area (Å²) in [6, 6.07) is 17.3. The maximum atomic E-state index is 13.5. The first-order valence-electron chi connectivity index (χ1n) is 10.0. The second-order valence-corrected chi connectivity index (χ2v) is 9.10. The van der Waals surface area contributed by atoms with Crippen LogP contribution in [0.5, 0.6) is 11.5 Å². The van der Waals surface area contributed by atoms with Gasteiger partial charge in [0.2, 0.25) is 5.90 Å². The average Bonchev–Trinajstić information content (AvgIpc) is 3.15. The molecule has 0 amide bonds. The highest BCUT2D eigenvalue weighted by atomic mass is 127. The fourth-order valence-corrected chi connectivity index (χ4v) is 4.17. The Hall–Kier alpha value is -2.72. The van der Waals surface area contributed by atoms with Crippen LogP contribution < -0.4 is 9.47 Å². The number of esters is 1. The van der Waals surface area contributed by atoms with Crippen molar-refractivity contribution >= 4 is 56.5 Å². The minimum absolute atomic E-state index is 0.0694. The van der Waals surface area contributed by atoms with Crippen LogP contribution in [0.25, 0.3) is 6.08 Å². The van der Waals surface area contributed by atoms with Crippen LogP contribution in [0.4, 0.5) is 4.39 Å². The predicted octanol–water partition coefficient (Wildman–Crippen LogP) is 6.52. The molecule has 1 aliphatic heterocycles. The van der Waals surface area contributed by atoms with Crippen LogP contribution in [-0.4, -0.2) is 18.5 Å². The van der Waals surface area contributed by atoms with Gasteiger partial charge in [-0.1, -0.05) is 34.1 Å². The molecule has 3 aromatic carbocycles. The average molecular weight is 622 g/mol. The van der Waals surface area contributed by atoms with Crippen molar-refractivity contribution in [3.8, 4) is 11.5 Å². The number of ether oxygens (including phenoxy) is 3. The van der Waals surface area contributed by atoms with Gasteiger partial charge in [0.05, 0.1) is 10.2 Å². The first kappa shape index (κ1) is 23.4. The second-order valence-electron chi connectivity index (χ2n) is 7.02. The van der Waals surface area contributed by atoms with Gasteiger partial charge in [-0.2, -0.15) is 0 Å². The monoisotopic (exact) mass is 621 g/mol. The molecule has 0 atom stereocenters. The number of rotatable bonds is 7. The first-order chi connectivity index (χ1) is 15.9. The molecule has 0 spiro atoms. The smallest absolute Gasteiger partial charge is 0.363 e. The molecule has 0 fully saturated rings. The van der Waals surface area contributed by atoms with Crippen molar-refractivity contribution in [1.82, 2.24) is 0 Å². The van der Waals surface area contributed by atoms with Crippen molar-refractivity contribution in [2.24, 2.45) is 4.99 Å². The molecule has 1 aliphatic rings. The van der Waals surface area contributed by atoms with Crippen LogP contribution in [0.1, 0.15) is 23.6 Å². The maximum absolute atomic E-state index is 13.5. The van der Waals surface area contributed by atoms with Crippen molar-refractivity contribution in [3.63, 3.8) is 0 Å². The van der Waals surface area contributed by atoms with Crippen LogP contribution in [0.2, 0.25) is 0 Å². The van der Waals surface area contributed by atoms with Crippen LogP contribution in [0, 0.1) is 9.39 Å². The third-order valence-electron chi connectivity index (χ3n) is 4.62. The Labute approximate surface area is 212 Å². The van der Waals surface area contributed by atoms with E-state index in [1.165, 1.54) is 18.2 Å². The molecule has 1 heterocycles. The van der Waals surface area contributed by atoms with Crippen LogP contribution >= 0.6 is 38.5 Å². The van der Waals surface area contributed by atoms with Gasteiger partial charge in [-0.15, -0.1) is 0 Å². The van der Waals surface area contributed by atoms with E-state index in [4.69, 9.17) is 14.2 Å². The zero-order valence-electron chi connectivity index (χ0n) is 17.5. The molecule has 33 heavy (non-hydrogen) atoms. The van der Waals surface area contributed by atoms with E-state index in [1.807, 2.05) is 37.3 Å². The largest absolute Gasteiger partial charge is 0.490 e. The summed E-state index contributed by atoms with van der Waals surface area (Å²) in [5.41, 5.74) is 2.25. The van der Waals surface area contributed by atoms with Crippen LogP contribution in [0.3, 0.4) is 0 Å². The molecule has 168 valence electrons. The quantitative estimate of drug-likeness (QED) is 0.171. The number of hydrogen-bond donors (Lipinski definition) is 0. The normalized spacial score (nSPS) is 14.2. The van der Waals surface area contributed by atoms with Crippen molar-refractivity contribution in [1.29, 1.82) is 0 Å². The fourth-order valence-electron chi connectivity index (χ4n) is 3.12. The molecule has 0 N–H and O–H groups in total. The van der Waals surface area contributed by atoms with Crippen LogP contribution in [-0.2, 0) is 16.1 Å². The van der Waals surface area contributed by atoms with Gasteiger partial charge in [0.1, 0.15) is 12.4 Å². The van der Waals surface area contributed by atoms with E-state index in [9.17, 15) is 9.18 Å². The van der Waals surface area contributed by atoms with Crippen molar-refractivity contribution in [2.45, 2.75) is 13.5 Å². The summed E-state index contributed by atoms with van der Waals surface area (Å²) in [6.07, 6.45) is 1.61. The third-order valence-corrected chi connectivity index (χ3v) is 5.95. The molecular weight excluding hydrogens is 604 g/mol. The van der Waals surface area contributed by atoms with Crippen molar-refractivity contribution in [3.05, 3.63) is 96.9 Å². The second kappa shape index (κ2) is 10.5. The molecule has 0 radical (unpaired) electrons. The number of benzene rings is 3. The summed E-state index contributed by atoms with van der Waals surface area (Å²) in [7, 11) is 0. The molecule has 4 rings (SSSR count). The summed E-state index contributed by atoms with van der Waals surface area (Å²) < 4.78 is 32.4. The summed E-state index contributed by atoms with van der Waals surface area (Å²) in [5, 5.41) is 0. The fraction of sp³-hybridized carbons (Fsp3) is 0.120. The lowest BCUT2D eigenvalue weighted by Gasteiger charge is -2.15. The lowest BCUT2D eigenvalue weighted by atomic mass is 10.1. The number of carbonyl (C=O) groups excluding carboxylic acids is 1. The van der Waals surface area contributed by atoms with E-state index in [0.29, 0.717) is 35.8 Å². The minimum Gasteiger partial charge on any atom is -0.490 e. The zero-order valence-corrected chi connectivity index (χ0v) is 21.2. The van der Waals surface area contributed by atoms with Gasteiger partial charge in [-0.3, -0.25) is 0 Å². The molecule has 0 saturated carbocycles. The molecule has 8 heteroatoms. The molecule has 0 aromatic heterocycles. The van der Waals surface area contributed by atoms with Gasteiger partial charge >= 0.3 is 5.97 Å². The summed E-state index contributed by atoms with van der Waals surface area (Å²) in [5.74, 6) is 0.227.